The summed E-state index contributed by atoms with van der Waals surface area (Å²) in [5.41, 5.74) is 2.55. The molecule has 0 bridgehead atoms. The van der Waals surface area contributed by atoms with Gasteiger partial charge in [0.15, 0.2) is 0 Å². The monoisotopic (exact) mass is 176 g/mol. The average Bonchev–Trinajstić information content (AvgIpc) is 2.63. The summed E-state index contributed by atoms with van der Waals surface area (Å²) < 4.78 is 2.01. The highest BCUT2D eigenvalue weighted by molar-refractivity contribution is 5.22. The van der Waals surface area contributed by atoms with E-state index in [4.69, 9.17) is 5.26 Å². The average molecular weight is 176 g/mol. The zero-order valence-electron chi connectivity index (χ0n) is 7.69. The molecule has 0 radical (unpaired) electrons. The van der Waals surface area contributed by atoms with Crippen LogP contribution in [0.5, 0.6) is 0 Å². The van der Waals surface area contributed by atoms with E-state index in [0.29, 0.717) is 6.54 Å². The molecule has 4 nitrogen and oxygen atoms in total. The summed E-state index contributed by atoms with van der Waals surface area (Å²) in [6, 6.07) is 2.17. The lowest BCUT2D eigenvalue weighted by Gasteiger charge is -2.09. The predicted molar refractivity (Wildman–Crippen MR) is 47.6 cm³/mol. The molecule has 1 aromatic heterocycles. The fourth-order valence-electron chi connectivity index (χ4n) is 1.76. The Hall–Kier alpha value is -1.34. The summed E-state index contributed by atoms with van der Waals surface area (Å²) in [5, 5.41) is 12.8. The van der Waals surface area contributed by atoms with Crippen molar-refractivity contribution in [1.29, 1.82) is 5.26 Å². The largest absolute Gasteiger partial charge is 0.280 e. The minimum atomic E-state index is 0.512. The van der Waals surface area contributed by atoms with Crippen LogP contribution in [0, 0.1) is 11.3 Å². The Kier molecular flexibility index (Phi) is 2.03. The first-order chi connectivity index (χ1) is 6.35. The van der Waals surface area contributed by atoms with Crippen molar-refractivity contribution in [2.45, 2.75) is 26.6 Å². The highest BCUT2D eigenvalue weighted by Crippen LogP contribution is 2.21. The molecule has 1 aliphatic rings. The van der Waals surface area contributed by atoms with E-state index < -0.39 is 0 Å². The summed E-state index contributed by atoms with van der Waals surface area (Å²) >= 11 is 0. The van der Waals surface area contributed by atoms with Gasteiger partial charge in [-0.1, -0.05) is 0 Å². The number of hydrogen-bond acceptors (Lipinski definition) is 3. The number of hydrogen-bond donors (Lipinski definition) is 0. The Morgan fingerprint density at radius 2 is 2.46 bits per heavy atom. The van der Waals surface area contributed by atoms with Gasteiger partial charge in [0, 0.05) is 25.2 Å². The quantitative estimate of drug-likeness (QED) is 0.624. The molecule has 0 unspecified atom stereocenters. The van der Waals surface area contributed by atoms with Crippen LogP contribution in [0.3, 0.4) is 0 Å². The van der Waals surface area contributed by atoms with Gasteiger partial charge in [0.05, 0.1) is 24.5 Å². The molecule has 0 aliphatic carbocycles. The second-order valence-corrected chi connectivity index (χ2v) is 3.24. The molecule has 0 aromatic carbocycles. The van der Waals surface area contributed by atoms with Crippen molar-refractivity contribution in [2.75, 3.05) is 6.54 Å². The highest BCUT2D eigenvalue weighted by Gasteiger charge is 2.22. The van der Waals surface area contributed by atoms with E-state index in [0.717, 1.165) is 19.6 Å². The normalized spacial score (nSPS) is 15.7. The van der Waals surface area contributed by atoms with Gasteiger partial charge in [-0.2, -0.15) is 10.4 Å². The molecule has 1 aliphatic heterocycles. The maximum Gasteiger partial charge on any atom is 0.0872 e. The molecular formula is C9H12N4. The molecule has 0 amide bonds. The topological polar surface area (TPSA) is 44.9 Å². The van der Waals surface area contributed by atoms with Crippen LogP contribution in [0.4, 0.5) is 0 Å². The Morgan fingerprint density at radius 3 is 3.15 bits per heavy atom. The van der Waals surface area contributed by atoms with Crippen LogP contribution in [0.1, 0.15) is 18.2 Å². The van der Waals surface area contributed by atoms with Crippen LogP contribution >= 0.6 is 0 Å². The fourth-order valence-corrected chi connectivity index (χ4v) is 1.76. The van der Waals surface area contributed by atoms with Crippen LogP contribution in [-0.4, -0.2) is 21.2 Å². The number of rotatable bonds is 2. The lowest BCUT2D eigenvalue weighted by molar-refractivity contribution is 0.311. The van der Waals surface area contributed by atoms with E-state index in [9.17, 15) is 0 Å². The lowest BCUT2D eigenvalue weighted by Crippen LogP contribution is -2.17. The number of nitrogens with zero attached hydrogens (tertiary/aromatic N) is 4. The second kappa shape index (κ2) is 3.19. The van der Waals surface area contributed by atoms with Crippen molar-refractivity contribution in [1.82, 2.24) is 14.7 Å². The van der Waals surface area contributed by atoms with Crippen molar-refractivity contribution in [3.8, 4) is 6.07 Å². The van der Waals surface area contributed by atoms with Crippen molar-refractivity contribution >= 4 is 0 Å². The standard InChI is InChI=1S/C9H12N4/c1-2-13-9-7-12(4-3-10)6-8(9)5-11-13/h5H,2,4,6-7H2,1H3. The maximum atomic E-state index is 8.56. The zero-order chi connectivity index (χ0) is 9.26. The van der Waals surface area contributed by atoms with Gasteiger partial charge in [0.25, 0.3) is 0 Å². The molecule has 0 atom stereocenters. The van der Waals surface area contributed by atoms with E-state index in [1.54, 1.807) is 0 Å². The van der Waals surface area contributed by atoms with Gasteiger partial charge in [-0.3, -0.25) is 9.58 Å². The highest BCUT2D eigenvalue weighted by atomic mass is 15.3. The number of aryl methyl sites for hydroxylation is 1. The third-order valence-corrected chi connectivity index (χ3v) is 2.40. The molecule has 0 spiro atoms. The van der Waals surface area contributed by atoms with Gasteiger partial charge in [-0.25, -0.2) is 0 Å². The van der Waals surface area contributed by atoms with Gasteiger partial charge >= 0.3 is 0 Å². The third-order valence-electron chi connectivity index (χ3n) is 2.40. The minimum absolute atomic E-state index is 0.512. The fraction of sp³-hybridized carbons (Fsp3) is 0.556. The second-order valence-electron chi connectivity index (χ2n) is 3.24. The van der Waals surface area contributed by atoms with Crippen molar-refractivity contribution in [3.63, 3.8) is 0 Å². The Morgan fingerprint density at radius 1 is 1.62 bits per heavy atom. The number of fused-ring (bicyclic) bond motifs is 1. The van der Waals surface area contributed by atoms with Crippen LogP contribution in [0.25, 0.3) is 0 Å². The van der Waals surface area contributed by atoms with E-state index in [1.165, 1.54) is 11.3 Å². The summed E-state index contributed by atoms with van der Waals surface area (Å²) in [5.74, 6) is 0. The molecule has 0 saturated carbocycles. The van der Waals surface area contributed by atoms with E-state index in [1.807, 2.05) is 10.9 Å². The van der Waals surface area contributed by atoms with Gasteiger partial charge < -0.3 is 0 Å². The van der Waals surface area contributed by atoms with Gasteiger partial charge in [0.1, 0.15) is 0 Å². The Bertz CT molecular complexity index is 347. The van der Waals surface area contributed by atoms with Crippen molar-refractivity contribution in [3.05, 3.63) is 17.5 Å². The summed E-state index contributed by atoms with van der Waals surface area (Å²) in [7, 11) is 0. The zero-order valence-corrected chi connectivity index (χ0v) is 7.69. The van der Waals surface area contributed by atoms with Gasteiger partial charge in [-0.15, -0.1) is 0 Å². The van der Waals surface area contributed by atoms with Crippen molar-refractivity contribution in [2.24, 2.45) is 0 Å². The SMILES string of the molecule is CCn1ncc2c1CN(CC#N)C2. The molecule has 2 heterocycles. The summed E-state index contributed by atoms with van der Waals surface area (Å²) in [6.07, 6.45) is 1.91. The van der Waals surface area contributed by atoms with Crippen LogP contribution in [0.2, 0.25) is 0 Å². The predicted octanol–water partition coefficient (Wildman–Crippen LogP) is 0.742. The van der Waals surface area contributed by atoms with Gasteiger partial charge in [0.2, 0.25) is 0 Å². The number of nitriles is 1. The molecule has 2 rings (SSSR count). The molecule has 0 saturated heterocycles. The lowest BCUT2D eigenvalue weighted by atomic mass is 10.3. The molecule has 13 heavy (non-hydrogen) atoms. The molecule has 68 valence electrons. The van der Waals surface area contributed by atoms with Gasteiger partial charge in [-0.05, 0) is 6.92 Å². The molecular weight excluding hydrogens is 164 g/mol. The smallest absolute Gasteiger partial charge is 0.0872 e. The van der Waals surface area contributed by atoms with E-state index in [-0.39, 0.29) is 0 Å². The first kappa shape index (κ1) is 8.27. The first-order valence-corrected chi connectivity index (χ1v) is 4.48. The van der Waals surface area contributed by atoms with E-state index in [2.05, 4.69) is 23.0 Å². The maximum absolute atomic E-state index is 8.56. The first-order valence-electron chi connectivity index (χ1n) is 4.48. The molecule has 4 heteroatoms. The minimum Gasteiger partial charge on any atom is -0.280 e. The summed E-state index contributed by atoms with van der Waals surface area (Å²) in [4.78, 5) is 2.12. The van der Waals surface area contributed by atoms with Crippen LogP contribution in [-0.2, 0) is 19.6 Å². The molecule has 0 N–H and O–H groups in total. The molecule has 0 fully saturated rings. The van der Waals surface area contributed by atoms with Crippen LogP contribution < -0.4 is 0 Å². The molecule has 1 aromatic rings. The Labute approximate surface area is 77.4 Å². The third kappa shape index (κ3) is 1.31. The van der Waals surface area contributed by atoms with Crippen LogP contribution in [0.15, 0.2) is 6.20 Å². The summed E-state index contributed by atoms with van der Waals surface area (Å²) in [6.45, 7) is 5.26. The number of aromatic nitrogens is 2. The van der Waals surface area contributed by atoms with Crippen molar-refractivity contribution < 1.29 is 0 Å². The Balaban J connectivity index is 2.17. The van der Waals surface area contributed by atoms with E-state index >= 15 is 0 Å².